The molecule has 2 saturated carbocycles. The molecule has 0 amide bonds. The van der Waals surface area contributed by atoms with Gasteiger partial charge in [-0.2, -0.15) is 0 Å². The molecule has 3 fully saturated rings. The molecule has 1 saturated heterocycles. The molecule has 3 heterocycles. The molecule has 2 aromatic heterocycles. The van der Waals surface area contributed by atoms with Gasteiger partial charge in [0.1, 0.15) is 18.3 Å². The fourth-order valence-electron chi connectivity index (χ4n) is 5.81. The summed E-state index contributed by atoms with van der Waals surface area (Å²) in [6.45, 7) is -0.784. The molecule has 0 radical (unpaired) electrons. The first kappa shape index (κ1) is 29.9. The largest absolute Gasteiger partial charge is 0.387 e. The van der Waals surface area contributed by atoms with Crippen LogP contribution in [0, 0.1) is 5.92 Å². The molecule has 5 rings (SSSR count). The summed E-state index contributed by atoms with van der Waals surface area (Å²) < 4.78 is 50.2. The number of hydrogen-bond acceptors (Lipinski definition) is 10. The lowest BCUT2D eigenvalue weighted by Gasteiger charge is -2.26. The van der Waals surface area contributed by atoms with Gasteiger partial charge in [-0.15, -0.1) is 0 Å². The molecule has 14 nitrogen and oxygen atoms in total. The highest BCUT2D eigenvalue weighted by molar-refractivity contribution is 7.70. The quantitative estimate of drug-likeness (QED) is 0.215. The molecule has 17 heteroatoms. The summed E-state index contributed by atoms with van der Waals surface area (Å²) in [7, 11) is -9.60. The number of fused-ring (bicyclic) bond motifs is 1. The van der Waals surface area contributed by atoms with E-state index >= 15 is 4.39 Å². The van der Waals surface area contributed by atoms with E-state index < -0.39 is 58.4 Å². The van der Waals surface area contributed by atoms with E-state index in [1.165, 1.54) is 10.9 Å². The number of aromatic nitrogens is 4. The van der Waals surface area contributed by atoms with Gasteiger partial charge in [-0.25, -0.2) is 19.3 Å². The first-order chi connectivity index (χ1) is 18.9. The predicted molar refractivity (Wildman–Crippen MR) is 140 cm³/mol. The molecule has 0 spiro atoms. The number of anilines is 1. The van der Waals surface area contributed by atoms with E-state index in [9.17, 15) is 24.2 Å². The lowest BCUT2D eigenvalue weighted by molar-refractivity contribution is -0.0425. The normalized spacial score (nSPS) is 29.1. The van der Waals surface area contributed by atoms with Crippen LogP contribution < -0.4 is 5.32 Å². The van der Waals surface area contributed by atoms with Gasteiger partial charge in [0, 0.05) is 6.04 Å². The maximum absolute atomic E-state index is 15.3. The topological polar surface area (TPSA) is 209 Å². The number of ether oxygens (including phenoxy) is 1. The second kappa shape index (κ2) is 12.0. The Bertz CT molecular complexity index is 1280. The fraction of sp³-hybridized carbons (Fsp3) is 0.783. The van der Waals surface area contributed by atoms with Crippen molar-refractivity contribution in [2.24, 2.45) is 5.92 Å². The van der Waals surface area contributed by atoms with Crippen LogP contribution in [0.1, 0.15) is 75.9 Å². The third-order valence-electron chi connectivity index (χ3n) is 7.87. The lowest BCUT2D eigenvalue weighted by Crippen LogP contribution is -2.31. The summed E-state index contributed by atoms with van der Waals surface area (Å²) >= 11 is 0. The Labute approximate surface area is 230 Å². The van der Waals surface area contributed by atoms with Crippen molar-refractivity contribution in [3.05, 3.63) is 12.2 Å². The van der Waals surface area contributed by atoms with Crippen molar-refractivity contribution >= 4 is 32.2 Å². The Balaban J connectivity index is 1.42. The number of halogens is 1. The molecule has 2 unspecified atom stereocenters. The zero-order valence-corrected chi connectivity index (χ0v) is 23.6. The van der Waals surface area contributed by atoms with Crippen molar-refractivity contribution in [1.29, 1.82) is 0 Å². The summed E-state index contributed by atoms with van der Waals surface area (Å²) in [6.07, 6.45) is 2.59. The van der Waals surface area contributed by atoms with E-state index in [2.05, 4.69) is 20.3 Å². The van der Waals surface area contributed by atoms with Gasteiger partial charge in [-0.05, 0) is 31.6 Å². The van der Waals surface area contributed by atoms with Crippen molar-refractivity contribution in [2.45, 2.75) is 94.5 Å². The molecule has 224 valence electrons. The molecule has 0 bridgehead atoms. The van der Waals surface area contributed by atoms with Crippen LogP contribution in [0.4, 0.5) is 10.2 Å². The smallest absolute Gasteiger partial charge is 0.340 e. The Morgan fingerprint density at radius 1 is 1.10 bits per heavy atom. The number of imidazole rings is 1. The average molecular weight is 608 g/mol. The minimum atomic E-state index is -4.86. The van der Waals surface area contributed by atoms with E-state index in [4.69, 9.17) is 19.0 Å². The third-order valence-corrected chi connectivity index (χ3v) is 11.3. The van der Waals surface area contributed by atoms with Gasteiger partial charge < -0.3 is 39.5 Å². The van der Waals surface area contributed by atoms with Crippen molar-refractivity contribution in [2.75, 3.05) is 17.8 Å². The number of rotatable bonds is 10. The Morgan fingerprint density at radius 3 is 2.45 bits per heavy atom. The lowest BCUT2D eigenvalue weighted by atomic mass is 9.85. The molecule has 2 aromatic rings. The van der Waals surface area contributed by atoms with Crippen molar-refractivity contribution in [1.82, 2.24) is 19.5 Å². The van der Waals surface area contributed by atoms with E-state index in [0.29, 0.717) is 11.3 Å². The van der Waals surface area contributed by atoms with E-state index in [1.807, 2.05) is 0 Å². The monoisotopic (exact) mass is 607 g/mol. The maximum Gasteiger partial charge on any atom is 0.340 e. The average Bonchev–Trinajstić information content (AvgIpc) is 3.62. The summed E-state index contributed by atoms with van der Waals surface area (Å²) in [5, 5.41) is 25.1. The van der Waals surface area contributed by atoms with E-state index in [0.717, 1.165) is 57.8 Å². The zero-order chi connectivity index (χ0) is 28.7. The number of alkyl halides is 1. The molecular weight excluding hydrogens is 571 g/mol. The van der Waals surface area contributed by atoms with Gasteiger partial charge in [0.05, 0.1) is 12.9 Å². The van der Waals surface area contributed by atoms with E-state index in [-0.39, 0.29) is 23.4 Å². The minimum absolute atomic E-state index is 0.00997. The van der Waals surface area contributed by atoms with Gasteiger partial charge in [0.25, 0.3) is 0 Å². The summed E-state index contributed by atoms with van der Waals surface area (Å²) in [5.41, 5.74) is 0.536. The van der Waals surface area contributed by atoms with Crippen molar-refractivity contribution in [3.8, 4) is 0 Å². The van der Waals surface area contributed by atoms with Crippen LogP contribution in [0.5, 0.6) is 0 Å². The van der Waals surface area contributed by atoms with Gasteiger partial charge in [0.2, 0.25) is 0 Å². The van der Waals surface area contributed by atoms with Gasteiger partial charge in [-0.1, -0.05) is 32.1 Å². The molecule has 0 aromatic carbocycles. The Kier molecular flexibility index (Phi) is 8.97. The predicted octanol–water partition coefficient (Wildman–Crippen LogP) is 2.73. The maximum atomic E-state index is 15.3. The summed E-state index contributed by atoms with van der Waals surface area (Å²) in [5.74, 6) is -0.816. The van der Waals surface area contributed by atoms with Crippen LogP contribution in [0.2, 0.25) is 0 Å². The Hall–Kier alpha value is -1.54. The number of hydrogen-bond donors (Lipinski definition) is 6. The Morgan fingerprint density at radius 2 is 1.77 bits per heavy atom. The third kappa shape index (κ3) is 6.74. The summed E-state index contributed by atoms with van der Waals surface area (Å²) in [6, 6.07) is 0.172. The minimum Gasteiger partial charge on any atom is -0.387 e. The number of aliphatic hydroxyl groups is 2. The van der Waals surface area contributed by atoms with Crippen LogP contribution in [0.3, 0.4) is 0 Å². The van der Waals surface area contributed by atoms with Crippen molar-refractivity contribution in [3.63, 3.8) is 0 Å². The highest BCUT2D eigenvalue weighted by Gasteiger charge is 2.47. The van der Waals surface area contributed by atoms with Crippen molar-refractivity contribution < 1.29 is 47.7 Å². The van der Waals surface area contributed by atoms with Crippen LogP contribution in [0.25, 0.3) is 11.2 Å². The highest BCUT2D eigenvalue weighted by atomic mass is 31.2. The van der Waals surface area contributed by atoms with E-state index in [1.54, 1.807) is 0 Å². The van der Waals surface area contributed by atoms with Gasteiger partial charge >= 0.3 is 15.2 Å². The zero-order valence-electron chi connectivity index (χ0n) is 21.8. The SMILES string of the molecule is O=P(O)(O)CP(=O)(O)OC[C@H]1O[C@@H](n2cnc3c(NC4CCCC4)nc(C(O)C4CCCCC4)nc32)[C@@H](F)[C@@H]1O. The molecule has 3 aliphatic rings. The molecule has 1 aliphatic heterocycles. The van der Waals surface area contributed by atoms with Crippen LogP contribution in [-0.2, 0) is 18.4 Å². The fourth-order valence-corrected chi connectivity index (χ4v) is 8.37. The first-order valence-electron chi connectivity index (χ1n) is 13.6. The standard InChI is InChI=1S/C23H36FN5O9P2/c24-16-19(31)15(10-37-40(35,36)12-39(32,33)34)38-23(16)29-11-25-17-20(26-14-8-4-5-9-14)27-21(28-22(17)29)18(30)13-6-2-1-3-7-13/h11,13-16,18-19,23,30-31H,1-10,12H2,(H,35,36)(H,26,27,28)(H2,32,33,34)/t15-,16+,18?,19-,23-/m1/s1. The van der Waals surface area contributed by atoms with Gasteiger partial charge in [0.15, 0.2) is 41.1 Å². The summed E-state index contributed by atoms with van der Waals surface area (Å²) in [4.78, 5) is 41.3. The second-order valence-corrected chi connectivity index (χ2v) is 15.0. The van der Waals surface area contributed by atoms with Crippen LogP contribution in [-0.4, -0.2) is 81.3 Å². The molecule has 40 heavy (non-hydrogen) atoms. The molecule has 6 atom stereocenters. The number of nitrogens with one attached hydrogen (secondary N) is 1. The molecule has 2 aliphatic carbocycles. The van der Waals surface area contributed by atoms with Crippen LogP contribution >= 0.6 is 15.2 Å². The van der Waals surface area contributed by atoms with Crippen LogP contribution in [0.15, 0.2) is 6.33 Å². The number of aliphatic hydroxyl groups excluding tert-OH is 2. The molecular formula is C23H36FN5O9P2. The highest BCUT2D eigenvalue weighted by Crippen LogP contribution is 2.55. The van der Waals surface area contributed by atoms with Gasteiger partial charge in [-0.3, -0.25) is 13.7 Å². The molecule has 6 N–H and O–H groups in total. The number of nitrogens with zero attached hydrogens (tertiary/aromatic N) is 4. The second-order valence-electron chi connectivity index (χ2n) is 11.0. The first-order valence-corrected chi connectivity index (χ1v) is 17.2.